The number of hydrogen-bond donors (Lipinski definition) is 1. The van der Waals surface area contributed by atoms with Gasteiger partial charge < -0.3 is 14.4 Å². The summed E-state index contributed by atoms with van der Waals surface area (Å²) < 4.78 is 12.2. The van der Waals surface area contributed by atoms with Crippen molar-refractivity contribution in [3.8, 4) is 0 Å². The van der Waals surface area contributed by atoms with E-state index in [9.17, 15) is 0 Å². The third kappa shape index (κ3) is 3.08. The van der Waals surface area contributed by atoms with Gasteiger partial charge in [0.25, 0.3) is 0 Å². The van der Waals surface area contributed by atoms with Gasteiger partial charge in [-0.3, -0.25) is 0 Å². The molecule has 0 aromatic heterocycles. The molecule has 1 aliphatic rings. The van der Waals surface area contributed by atoms with E-state index in [0.29, 0.717) is 0 Å². The van der Waals surface area contributed by atoms with Gasteiger partial charge in [-0.15, -0.1) is 0 Å². The van der Waals surface area contributed by atoms with Crippen LogP contribution in [-0.4, -0.2) is 30.5 Å². The fraction of sp³-hybridized carbons (Fsp3) is 0.625. The molecule has 4 heteroatoms. The molecule has 0 bridgehead atoms. The Kier molecular flexibility index (Phi) is 5.06. The Morgan fingerprint density at radius 1 is 0.850 bits per heavy atom. The molecule has 2 rings (SSSR count). The van der Waals surface area contributed by atoms with Crippen LogP contribution in [0.3, 0.4) is 0 Å². The van der Waals surface area contributed by atoms with Gasteiger partial charge in [0.1, 0.15) is 0 Å². The van der Waals surface area contributed by atoms with E-state index in [0.717, 1.165) is 12.6 Å². The summed E-state index contributed by atoms with van der Waals surface area (Å²) in [6.07, 6.45) is 0. The Morgan fingerprint density at radius 3 is 1.55 bits per heavy atom. The van der Waals surface area contributed by atoms with Gasteiger partial charge in [-0.2, -0.15) is 0 Å². The lowest BCUT2D eigenvalue weighted by molar-refractivity contribution is 0.00578. The Bertz CT molecular complexity index is 442. The van der Waals surface area contributed by atoms with Crippen molar-refractivity contribution in [2.24, 2.45) is 0 Å². The first-order valence-corrected chi connectivity index (χ1v) is 7.02. The van der Waals surface area contributed by atoms with E-state index in [2.05, 4.69) is 60.6 Å². The van der Waals surface area contributed by atoms with Crippen LogP contribution in [0.1, 0.15) is 44.4 Å². The molecular formula is C16H27BO3. The maximum atomic E-state index is 7.00. The molecule has 1 saturated heterocycles. The summed E-state index contributed by atoms with van der Waals surface area (Å²) in [4.78, 5) is 0. The number of aliphatic hydroxyl groups is 1. The second-order valence-electron chi connectivity index (χ2n) is 6.37. The van der Waals surface area contributed by atoms with Crippen LogP contribution in [-0.2, 0) is 9.31 Å². The zero-order chi connectivity index (χ0) is 15.7. The highest BCUT2D eigenvalue weighted by atomic mass is 16.7. The van der Waals surface area contributed by atoms with Gasteiger partial charge in [0.15, 0.2) is 0 Å². The largest absolute Gasteiger partial charge is 0.494 e. The van der Waals surface area contributed by atoms with Gasteiger partial charge in [0, 0.05) is 7.11 Å². The molecule has 0 amide bonds. The number of aliphatic hydroxyl groups excluding tert-OH is 1. The molecule has 0 spiro atoms. The minimum absolute atomic E-state index is 0.256. The van der Waals surface area contributed by atoms with Gasteiger partial charge >= 0.3 is 7.12 Å². The summed E-state index contributed by atoms with van der Waals surface area (Å²) in [5.41, 5.74) is 4.50. The lowest BCUT2D eigenvalue weighted by atomic mass is 9.77. The molecule has 0 atom stereocenters. The van der Waals surface area contributed by atoms with E-state index in [1.807, 2.05) is 0 Å². The maximum Gasteiger partial charge on any atom is 0.494 e. The smallest absolute Gasteiger partial charge is 0.400 e. The van der Waals surface area contributed by atoms with Crippen LogP contribution in [0.15, 0.2) is 12.1 Å². The minimum atomic E-state index is -0.273. The maximum absolute atomic E-state index is 7.00. The fourth-order valence-corrected chi connectivity index (χ4v) is 2.18. The third-order valence-corrected chi connectivity index (χ3v) is 4.47. The van der Waals surface area contributed by atoms with Crippen molar-refractivity contribution >= 4 is 12.6 Å². The Balaban J connectivity index is 0.000000956. The van der Waals surface area contributed by atoms with Crippen LogP contribution in [0, 0.1) is 20.8 Å². The fourth-order valence-electron chi connectivity index (χ4n) is 2.18. The third-order valence-electron chi connectivity index (χ3n) is 4.47. The molecule has 1 heterocycles. The Hall–Kier alpha value is -0.835. The van der Waals surface area contributed by atoms with Crippen LogP contribution in [0.4, 0.5) is 0 Å². The average molecular weight is 278 g/mol. The molecular weight excluding hydrogens is 251 g/mol. The SMILES string of the molecule is CO.Cc1cc(B2OC(C)(C)C(C)(C)O2)cc(C)c1C. The second-order valence-corrected chi connectivity index (χ2v) is 6.37. The lowest BCUT2D eigenvalue weighted by Crippen LogP contribution is -2.41. The predicted octanol–water partition coefficient (Wildman–Crippen LogP) is 2.52. The van der Waals surface area contributed by atoms with Crippen molar-refractivity contribution in [3.63, 3.8) is 0 Å². The first kappa shape index (κ1) is 17.2. The van der Waals surface area contributed by atoms with Crippen molar-refractivity contribution in [2.75, 3.05) is 7.11 Å². The quantitative estimate of drug-likeness (QED) is 0.802. The van der Waals surface area contributed by atoms with Crippen LogP contribution in [0.5, 0.6) is 0 Å². The summed E-state index contributed by atoms with van der Waals surface area (Å²) >= 11 is 0. The second kappa shape index (κ2) is 5.88. The number of aryl methyl sites for hydroxylation is 2. The van der Waals surface area contributed by atoms with Gasteiger partial charge in [0.05, 0.1) is 11.2 Å². The molecule has 1 aliphatic heterocycles. The first-order chi connectivity index (χ1) is 9.14. The Morgan fingerprint density at radius 2 is 1.20 bits per heavy atom. The minimum Gasteiger partial charge on any atom is -0.400 e. The predicted molar refractivity (Wildman–Crippen MR) is 84.5 cm³/mol. The van der Waals surface area contributed by atoms with Gasteiger partial charge in [-0.25, -0.2) is 0 Å². The van der Waals surface area contributed by atoms with Crippen molar-refractivity contribution in [1.82, 2.24) is 0 Å². The topological polar surface area (TPSA) is 38.7 Å². The summed E-state index contributed by atoms with van der Waals surface area (Å²) in [5.74, 6) is 0. The molecule has 112 valence electrons. The highest BCUT2D eigenvalue weighted by Gasteiger charge is 2.51. The number of hydrogen-bond acceptors (Lipinski definition) is 3. The molecule has 20 heavy (non-hydrogen) atoms. The highest BCUT2D eigenvalue weighted by Crippen LogP contribution is 2.36. The molecule has 3 nitrogen and oxygen atoms in total. The van der Waals surface area contributed by atoms with E-state index in [4.69, 9.17) is 14.4 Å². The van der Waals surface area contributed by atoms with Crippen LogP contribution >= 0.6 is 0 Å². The van der Waals surface area contributed by atoms with Gasteiger partial charge in [0.2, 0.25) is 0 Å². The molecule has 0 aliphatic carbocycles. The van der Waals surface area contributed by atoms with E-state index < -0.39 is 0 Å². The number of benzene rings is 1. The lowest BCUT2D eigenvalue weighted by Gasteiger charge is -2.32. The zero-order valence-electron chi connectivity index (χ0n) is 14.0. The van der Waals surface area contributed by atoms with E-state index in [1.54, 1.807) is 0 Å². The van der Waals surface area contributed by atoms with E-state index >= 15 is 0 Å². The molecule has 0 radical (unpaired) electrons. The zero-order valence-corrected chi connectivity index (χ0v) is 14.0. The summed E-state index contributed by atoms with van der Waals surface area (Å²) in [7, 11) is 0.744. The molecule has 1 N–H and O–H groups in total. The van der Waals surface area contributed by atoms with Crippen LogP contribution in [0.25, 0.3) is 0 Å². The summed E-state index contributed by atoms with van der Waals surface area (Å²) in [6.45, 7) is 14.8. The molecule has 1 fully saturated rings. The molecule has 1 aromatic rings. The number of rotatable bonds is 1. The average Bonchev–Trinajstić information content (AvgIpc) is 2.57. The summed E-state index contributed by atoms with van der Waals surface area (Å²) in [6, 6.07) is 4.34. The summed E-state index contributed by atoms with van der Waals surface area (Å²) in [5, 5.41) is 7.00. The van der Waals surface area contributed by atoms with E-state index in [1.165, 1.54) is 16.7 Å². The monoisotopic (exact) mass is 278 g/mol. The van der Waals surface area contributed by atoms with Crippen molar-refractivity contribution in [1.29, 1.82) is 0 Å². The molecule has 0 unspecified atom stereocenters. The Labute approximate surface area is 123 Å². The van der Waals surface area contributed by atoms with E-state index in [-0.39, 0.29) is 18.3 Å². The van der Waals surface area contributed by atoms with Gasteiger partial charge in [-0.05, 0) is 70.6 Å². The molecule has 1 aromatic carbocycles. The van der Waals surface area contributed by atoms with Crippen LogP contribution < -0.4 is 5.46 Å². The van der Waals surface area contributed by atoms with Crippen molar-refractivity contribution < 1.29 is 14.4 Å². The normalized spacial score (nSPS) is 19.6. The van der Waals surface area contributed by atoms with Crippen LogP contribution in [0.2, 0.25) is 0 Å². The highest BCUT2D eigenvalue weighted by molar-refractivity contribution is 6.62. The molecule has 0 saturated carbocycles. The van der Waals surface area contributed by atoms with Crippen molar-refractivity contribution in [2.45, 2.75) is 59.7 Å². The first-order valence-electron chi connectivity index (χ1n) is 7.02. The van der Waals surface area contributed by atoms with Crippen molar-refractivity contribution in [3.05, 3.63) is 28.8 Å². The van der Waals surface area contributed by atoms with Gasteiger partial charge in [-0.1, -0.05) is 12.1 Å². The standard InChI is InChI=1S/C15H23BO2.CH4O/c1-10-8-13(9-11(2)12(10)3)16-17-14(4,5)15(6,7)18-16;1-2/h8-9H,1-7H3;2H,1H3.